The molecule has 0 spiro atoms. The van der Waals surface area contributed by atoms with Gasteiger partial charge in [-0.1, -0.05) is 25.4 Å². The highest BCUT2D eigenvalue weighted by Crippen LogP contribution is 2.28. The number of carbonyl (C=O) groups is 2. The number of halogens is 1. The number of amides is 2. The Hall–Kier alpha value is -1.75. The first-order valence-corrected chi connectivity index (χ1v) is 8.62. The summed E-state index contributed by atoms with van der Waals surface area (Å²) >= 11 is 6.16. The first-order chi connectivity index (χ1) is 11.3. The van der Waals surface area contributed by atoms with E-state index in [4.69, 9.17) is 16.3 Å². The summed E-state index contributed by atoms with van der Waals surface area (Å²) in [7, 11) is 1.54. The van der Waals surface area contributed by atoms with Crippen molar-refractivity contribution >= 4 is 23.4 Å². The number of carbonyl (C=O) groups excluding carboxylic acids is 2. The van der Waals surface area contributed by atoms with Gasteiger partial charge in [-0.3, -0.25) is 9.59 Å². The van der Waals surface area contributed by atoms with Gasteiger partial charge in [0.25, 0.3) is 5.91 Å². The summed E-state index contributed by atoms with van der Waals surface area (Å²) in [4.78, 5) is 28.5. The van der Waals surface area contributed by atoms with Crippen LogP contribution in [-0.2, 0) is 4.79 Å². The van der Waals surface area contributed by atoms with Crippen LogP contribution in [0.2, 0.25) is 5.02 Å². The van der Waals surface area contributed by atoms with Crippen LogP contribution >= 0.6 is 11.6 Å². The fraction of sp³-hybridized carbons (Fsp3) is 0.556. The molecule has 1 heterocycles. The molecule has 1 saturated heterocycles. The summed E-state index contributed by atoms with van der Waals surface area (Å²) in [6.07, 6.45) is 0.551. The number of ether oxygens (including phenoxy) is 1. The van der Waals surface area contributed by atoms with Crippen molar-refractivity contribution < 1.29 is 14.3 Å². The normalized spacial score (nSPS) is 14.9. The zero-order valence-corrected chi connectivity index (χ0v) is 15.5. The van der Waals surface area contributed by atoms with Crippen LogP contribution in [0.5, 0.6) is 5.75 Å². The third kappa shape index (κ3) is 4.20. The van der Waals surface area contributed by atoms with E-state index in [1.807, 2.05) is 25.7 Å². The minimum atomic E-state index is -0.107. The van der Waals surface area contributed by atoms with E-state index in [0.717, 1.165) is 5.56 Å². The van der Waals surface area contributed by atoms with E-state index in [2.05, 4.69) is 0 Å². The first-order valence-electron chi connectivity index (χ1n) is 8.24. The van der Waals surface area contributed by atoms with Crippen LogP contribution in [0, 0.1) is 12.8 Å². The highest BCUT2D eigenvalue weighted by atomic mass is 35.5. The molecule has 2 amide bonds. The van der Waals surface area contributed by atoms with Gasteiger partial charge in [-0.05, 0) is 30.5 Å². The van der Waals surface area contributed by atoms with Crippen LogP contribution in [0.3, 0.4) is 0 Å². The highest BCUT2D eigenvalue weighted by Gasteiger charge is 2.27. The summed E-state index contributed by atoms with van der Waals surface area (Å²) in [5, 5.41) is 0.546. The smallest absolute Gasteiger partial charge is 0.257 e. The lowest BCUT2D eigenvalue weighted by Crippen LogP contribution is -2.50. The van der Waals surface area contributed by atoms with Crippen molar-refractivity contribution in [2.24, 2.45) is 5.92 Å². The monoisotopic (exact) mass is 352 g/mol. The number of hydrogen-bond acceptors (Lipinski definition) is 3. The van der Waals surface area contributed by atoms with Crippen LogP contribution in [0.25, 0.3) is 0 Å². The van der Waals surface area contributed by atoms with Gasteiger partial charge in [-0.25, -0.2) is 0 Å². The number of hydrogen-bond donors (Lipinski definition) is 0. The number of benzene rings is 1. The lowest BCUT2D eigenvalue weighted by molar-refractivity contribution is -0.133. The maximum atomic E-state index is 12.8. The second-order valence-electron chi connectivity index (χ2n) is 6.57. The lowest BCUT2D eigenvalue weighted by Gasteiger charge is -2.35. The number of nitrogens with zero attached hydrogens (tertiary/aromatic N) is 2. The van der Waals surface area contributed by atoms with Crippen molar-refractivity contribution in [1.29, 1.82) is 0 Å². The van der Waals surface area contributed by atoms with E-state index in [1.165, 1.54) is 0 Å². The van der Waals surface area contributed by atoms with Crippen molar-refractivity contribution in [3.8, 4) is 5.75 Å². The van der Waals surface area contributed by atoms with Gasteiger partial charge in [-0.2, -0.15) is 0 Å². The van der Waals surface area contributed by atoms with Crippen LogP contribution in [0.15, 0.2) is 12.1 Å². The second-order valence-corrected chi connectivity index (χ2v) is 6.98. The maximum Gasteiger partial charge on any atom is 0.257 e. The number of rotatable bonds is 4. The van der Waals surface area contributed by atoms with Crippen molar-refractivity contribution in [1.82, 2.24) is 9.80 Å². The molecule has 1 aromatic carbocycles. The molecule has 0 aromatic heterocycles. The van der Waals surface area contributed by atoms with E-state index in [9.17, 15) is 9.59 Å². The van der Waals surface area contributed by atoms with Crippen molar-refractivity contribution in [3.63, 3.8) is 0 Å². The van der Waals surface area contributed by atoms with Crippen molar-refractivity contribution in [2.45, 2.75) is 27.2 Å². The molecule has 132 valence electrons. The molecular formula is C18H25ClN2O3. The van der Waals surface area contributed by atoms with Gasteiger partial charge in [0, 0.05) is 37.6 Å². The minimum absolute atomic E-state index is 0.107. The Bertz CT molecular complexity index is 623. The Kier molecular flexibility index (Phi) is 6.10. The molecule has 1 aliphatic heterocycles. The average molecular weight is 353 g/mol. The molecule has 5 nitrogen and oxygen atoms in total. The van der Waals surface area contributed by atoms with Gasteiger partial charge < -0.3 is 14.5 Å². The molecule has 0 saturated carbocycles. The third-order valence-corrected chi connectivity index (χ3v) is 4.62. The molecule has 0 unspecified atom stereocenters. The van der Waals surface area contributed by atoms with Gasteiger partial charge in [0.2, 0.25) is 5.91 Å². The minimum Gasteiger partial charge on any atom is -0.496 e. The number of aryl methyl sites for hydroxylation is 1. The second kappa shape index (κ2) is 7.88. The van der Waals surface area contributed by atoms with Gasteiger partial charge in [-0.15, -0.1) is 0 Å². The van der Waals surface area contributed by atoms with Gasteiger partial charge in [0.05, 0.1) is 12.7 Å². The molecule has 0 radical (unpaired) electrons. The molecule has 6 heteroatoms. The molecule has 0 bridgehead atoms. The standard InChI is InChI=1S/C18H25ClN2O3/c1-12(2)9-17(22)20-5-7-21(8-6-20)18(23)14-11-15(19)13(3)10-16(14)24-4/h10-12H,5-9H2,1-4H3. The quantitative estimate of drug-likeness (QED) is 0.837. The maximum absolute atomic E-state index is 12.8. The topological polar surface area (TPSA) is 49.9 Å². The highest BCUT2D eigenvalue weighted by molar-refractivity contribution is 6.31. The van der Waals surface area contributed by atoms with E-state index < -0.39 is 0 Å². The summed E-state index contributed by atoms with van der Waals surface area (Å²) in [6.45, 7) is 8.13. The molecule has 1 aliphatic rings. The van der Waals surface area contributed by atoms with E-state index in [0.29, 0.717) is 54.9 Å². The summed E-state index contributed by atoms with van der Waals surface area (Å²) in [5.74, 6) is 0.925. The molecule has 0 N–H and O–H groups in total. The van der Waals surface area contributed by atoms with E-state index in [1.54, 1.807) is 24.1 Å². The lowest BCUT2D eigenvalue weighted by atomic mass is 10.1. The molecule has 1 fully saturated rings. The Labute approximate surface area is 148 Å². The van der Waals surface area contributed by atoms with Gasteiger partial charge in [0.1, 0.15) is 5.75 Å². The van der Waals surface area contributed by atoms with Crippen molar-refractivity contribution in [2.75, 3.05) is 33.3 Å². The third-order valence-electron chi connectivity index (χ3n) is 4.21. The predicted molar refractivity (Wildman–Crippen MR) is 94.7 cm³/mol. The Morgan fingerprint density at radius 3 is 2.29 bits per heavy atom. The average Bonchev–Trinajstić information content (AvgIpc) is 2.55. The fourth-order valence-corrected chi connectivity index (χ4v) is 2.96. The van der Waals surface area contributed by atoms with Crippen LogP contribution in [-0.4, -0.2) is 54.9 Å². The Morgan fingerprint density at radius 1 is 1.17 bits per heavy atom. The predicted octanol–water partition coefficient (Wildman–Crippen LogP) is 2.99. The Morgan fingerprint density at radius 2 is 1.75 bits per heavy atom. The molecule has 0 aliphatic carbocycles. The Balaban J connectivity index is 2.06. The van der Waals surface area contributed by atoms with Crippen LogP contribution in [0.4, 0.5) is 0 Å². The van der Waals surface area contributed by atoms with Crippen molar-refractivity contribution in [3.05, 3.63) is 28.3 Å². The fourth-order valence-electron chi connectivity index (χ4n) is 2.80. The van der Waals surface area contributed by atoms with Crippen LogP contribution < -0.4 is 4.74 Å². The largest absolute Gasteiger partial charge is 0.496 e. The molecule has 2 rings (SSSR count). The summed E-state index contributed by atoms with van der Waals surface area (Å²) in [5.41, 5.74) is 1.34. The molecular weight excluding hydrogens is 328 g/mol. The number of piperazine rings is 1. The van der Waals surface area contributed by atoms with Gasteiger partial charge in [0.15, 0.2) is 0 Å². The van der Waals surface area contributed by atoms with E-state index >= 15 is 0 Å². The first kappa shape index (κ1) is 18.6. The van der Waals surface area contributed by atoms with Gasteiger partial charge >= 0.3 is 0 Å². The zero-order valence-electron chi connectivity index (χ0n) is 14.8. The molecule has 1 aromatic rings. The SMILES string of the molecule is COc1cc(C)c(Cl)cc1C(=O)N1CCN(C(=O)CC(C)C)CC1. The zero-order chi connectivity index (χ0) is 17.9. The van der Waals surface area contributed by atoms with Crippen LogP contribution in [0.1, 0.15) is 36.2 Å². The van der Waals surface area contributed by atoms with E-state index in [-0.39, 0.29) is 11.8 Å². The number of methoxy groups -OCH3 is 1. The molecule has 0 atom stereocenters. The molecule has 24 heavy (non-hydrogen) atoms. The summed E-state index contributed by atoms with van der Waals surface area (Å²) < 4.78 is 5.33. The summed E-state index contributed by atoms with van der Waals surface area (Å²) in [6, 6.07) is 3.44.